The molecule has 0 fully saturated rings. The van der Waals surface area contributed by atoms with E-state index < -0.39 is 0 Å². The molecule has 1 nitrogen and oxygen atoms in total. The van der Waals surface area contributed by atoms with Crippen LogP contribution in [-0.2, 0) is 0 Å². The molecule has 0 aromatic heterocycles. The summed E-state index contributed by atoms with van der Waals surface area (Å²) in [5, 5.41) is 3.62. The Hall–Kier alpha value is -0.560. The first-order chi connectivity index (χ1) is 13.9. The summed E-state index contributed by atoms with van der Waals surface area (Å²) in [5.41, 5.74) is 0. The standard InChI is InChI=1S/C27H53N/c1-3-5-7-9-11-12-13-14-15-16-17-18-19-21-23-25-27-28-26-24-22-20-10-8-6-4-2/h11-12,14-15,28H,3-10,13,16-27H2,1-2H3/b12-11?,15-14-. The van der Waals surface area contributed by atoms with Gasteiger partial charge in [-0.25, -0.2) is 0 Å². The Morgan fingerprint density at radius 1 is 0.429 bits per heavy atom. The second-order valence-electron chi connectivity index (χ2n) is 8.46. The van der Waals surface area contributed by atoms with Gasteiger partial charge in [0.2, 0.25) is 0 Å². The van der Waals surface area contributed by atoms with Crippen LogP contribution in [0.3, 0.4) is 0 Å². The molecule has 0 aliphatic heterocycles. The van der Waals surface area contributed by atoms with Crippen LogP contribution in [-0.4, -0.2) is 13.1 Å². The van der Waals surface area contributed by atoms with Crippen molar-refractivity contribution < 1.29 is 0 Å². The molecule has 0 unspecified atom stereocenters. The number of rotatable bonds is 23. The van der Waals surface area contributed by atoms with E-state index in [0.717, 1.165) is 6.42 Å². The summed E-state index contributed by atoms with van der Waals surface area (Å²) in [6.07, 6.45) is 35.4. The zero-order chi connectivity index (χ0) is 20.4. The second-order valence-corrected chi connectivity index (χ2v) is 8.46. The zero-order valence-corrected chi connectivity index (χ0v) is 19.7. The molecule has 0 saturated heterocycles. The van der Waals surface area contributed by atoms with Crippen LogP contribution in [0.4, 0.5) is 0 Å². The summed E-state index contributed by atoms with van der Waals surface area (Å²) >= 11 is 0. The van der Waals surface area contributed by atoms with Crippen LogP contribution in [0.25, 0.3) is 0 Å². The van der Waals surface area contributed by atoms with Gasteiger partial charge in [-0.1, -0.05) is 115 Å². The van der Waals surface area contributed by atoms with E-state index in [-0.39, 0.29) is 0 Å². The van der Waals surface area contributed by atoms with Crippen LogP contribution in [0.1, 0.15) is 136 Å². The molecule has 1 heteroatoms. The minimum absolute atomic E-state index is 1.12. The van der Waals surface area contributed by atoms with Crippen molar-refractivity contribution in [2.24, 2.45) is 0 Å². The third-order valence-electron chi connectivity index (χ3n) is 5.51. The van der Waals surface area contributed by atoms with Crippen LogP contribution in [0.2, 0.25) is 0 Å². The van der Waals surface area contributed by atoms with Gasteiger partial charge in [-0.05, 0) is 58.0 Å². The van der Waals surface area contributed by atoms with Gasteiger partial charge in [-0.15, -0.1) is 0 Å². The SMILES string of the molecule is CCCCCC=CC/C=C\CCCCCCCCNCCCCCCCCC. The quantitative estimate of drug-likeness (QED) is 0.135. The lowest BCUT2D eigenvalue weighted by Gasteiger charge is -2.05. The molecule has 0 amide bonds. The highest BCUT2D eigenvalue weighted by molar-refractivity contribution is 4.92. The molecule has 0 heterocycles. The van der Waals surface area contributed by atoms with E-state index in [2.05, 4.69) is 43.5 Å². The summed E-state index contributed by atoms with van der Waals surface area (Å²) in [5.74, 6) is 0. The fourth-order valence-electron chi connectivity index (χ4n) is 3.57. The van der Waals surface area contributed by atoms with Gasteiger partial charge >= 0.3 is 0 Å². The van der Waals surface area contributed by atoms with E-state index in [1.807, 2.05) is 0 Å². The Morgan fingerprint density at radius 3 is 1.36 bits per heavy atom. The number of allylic oxidation sites excluding steroid dienone is 4. The van der Waals surface area contributed by atoms with Crippen LogP contribution < -0.4 is 5.32 Å². The van der Waals surface area contributed by atoms with Crippen LogP contribution >= 0.6 is 0 Å². The Bertz CT molecular complexity index is 318. The van der Waals surface area contributed by atoms with E-state index in [9.17, 15) is 0 Å². The lowest BCUT2D eigenvalue weighted by atomic mass is 10.1. The van der Waals surface area contributed by atoms with Gasteiger partial charge in [0, 0.05) is 0 Å². The van der Waals surface area contributed by atoms with E-state index in [0.29, 0.717) is 0 Å². The molecule has 0 spiro atoms. The van der Waals surface area contributed by atoms with Crippen molar-refractivity contribution in [1.29, 1.82) is 0 Å². The monoisotopic (exact) mass is 391 g/mol. The largest absolute Gasteiger partial charge is 0.317 e. The highest BCUT2D eigenvalue weighted by Gasteiger charge is 1.93. The molecule has 0 saturated carbocycles. The predicted octanol–water partition coefficient (Wildman–Crippen LogP) is 9.14. The second kappa shape index (κ2) is 26.4. The van der Waals surface area contributed by atoms with Gasteiger partial charge in [0.1, 0.15) is 0 Å². The van der Waals surface area contributed by atoms with Gasteiger partial charge in [-0.2, -0.15) is 0 Å². The molecule has 0 aromatic carbocycles. The maximum absolute atomic E-state index is 3.62. The lowest BCUT2D eigenvalue weighted by molar-refractivity contribution is 0.538. The minimum atomic E-state index is 1.12. The topological polar surface area (TPSA) is 12.0 Å². The van der Waals surface area contributed by atoms with E-state index in [1.165, 1.54) is 129 Å². The van der Waals surface area contributed by atoms with E-state index >= 15 is 0 Å². The van der Waals surface area contributed by atoms with Crippen molar-refractivity contribution >= 4 is 0 Å². The third-order valence-corrected chi connectivity index (χ3v) is 5.51. The van der Waals surface area contributed by atoms with Gasteiger partial charge in [0.15, 0.2) is 0 Å². The summed E-state index contributed by atoms with van der Waals surface area (Å²) in [6, 6.07) is 0. The summed E-state index contributed by atoms with van der Waals surface area (Å²) in [6.45, 7) is 7.01. The van der Waals surface area contributed by atoms with Crippen molar-refractivity contribution in [2.45, 2.75) is 136 Å². The molecular formula is C27H53N. The number of unbranched alkanes of at least 4 members (excludes halogenated alkanes) is 15. The smallest absolute Gasteiger partial charge is 0.00489 e. The number of nitrogens with one attached hydrogen (secondary N) is 1. The summed E-state index contributed by atoms with van der Waals surface area (Å²) < 4.78 is 0. The van der Waals surface area contributed by atoms with Crippen molar-refractivity contribution in [2.75, 3.05) is 13.1 Å². The van der Waals surface area contributed by atoms with Crippen LogP contribution in [0.5, 0.6) is 0 Å². The summed E-state index contributed by atoms with van der Waals surface area (Å²) in [4.78, 5) is 0. The average Bonchev–Trinajstić information content (AvgIpc) is 2.71. The molecule has 0 aromatic rings. The maximum atomic E-state index is 3.62. The molecule has 0 aliphatic carbocycles. The minimum Gasteiger partial charge on any atom is -0.317 e. The third kappa shape index (κ3) is 25.4. The van der Waals surface area contributed by atoms with Crippen LogP contribution in [0.15, 0.2) is 24.3 Å². The Morgan fingerprint density at radius 2 is 0.821 bits per heavy atom. The number of hydrogen-bond donors (Lipinski definition) is 1. The maximum Gasteiger partial charge on any atom is -0.00489 e. The molecule has 1 N–H and O–H groups in total. The van der Waals surface area contributed by atoms with Crippen molar-refractivity contribution in [3.05, 3.63) is 24.3 Å². The Labute approximate surface area is 178 Å². The summed E-state index contributed by atoms with van der Waals surface area (Å²) in [7, 11) is 0. The molecule has 0 radical (unpaired) electrons. The fourth-order valence-corrected chi connectivity index (χ4v) is 3.57. The fraction of sp³-hybridized carbons (Fsp3) is 0.852. The molecule has 0 aliphatic rings. The first-order valence-corrected chi connectivity index (χ1v) is 12.9. The number of hydrogen-bond acceptors (Lipinski definition) is 1. The predicted molar refractivity (Wildman–Crippen MR) is 130 cm³/mol. The first-order valence-electron chi connectivity index (χ1n) is 12.9. The molecule has 0 atom stereocenters. The van der Waals surface area contributed by atoms with Gasteiger partial charge in [0.25, 0.3) is 0 Å². The molecule has 0 rings (SSSR count). The lowest BCUT2D eigenvalue weighted by Crippen LogP contribution is -2.16. The van der Waals surface area contributed by atoms with Gasteiger partial charge in [0.05, 0.1) is 0 Å². The highest BCUT2D eigenvalue weighted by atomic mass is 14.8. The average molecular weight is 392 g/mol. The zero-order valence-electron chi connectivity index (χ0n) is 19.7. The van der Waals surface area contributed by atoms with Crippen molar-refractivity contribution in [3.63, 3.8) is 0 Å². The van der Waals surface area contributed by atoms with Crippen LogP contribution in [0, 0.1) is 0 Å². The van der Waals surface area contributed by atoms with E-state index in [1.54, 1.807) is 0 Å². The van der Waals surface area contributed by atoms with Crippen molar-refractivity contribution in [3.8, 4) is 0 Å². The molecule has 28 heavy (non-hydrogen) atoms. The molecule has 0 bridgehead atoms. The normalized spacial score (nSPS) is 11.9. The molecule has 166 valence electrons. The van der Waals surface area contributed by atoms with Crippen molar-refractivity contribution in [1.82, 2.24) is 5.32 Å². The Kier molecular flexibility index (Phi) is 25.9. The highest BCUT2D eigenvalue weighted by Crippen LogP contribution is 2.08. The van der Waals surface area contributed by atoms with Gasteiger partial charge in [-0.3, -0.25) is 0 Å². The molecular weight excluding hydrogens is 338 g/mol. The van der Waals surface area contributed by atoms with Gasteiger partial charge < -0.3 is 5.32 Å². The Balaban J connectivity index is 3.09. The van der Waals surface area contributed by atoms with E-state index in [4.69, 9.17) is 0 Å². The first kappa shape index (κ1) is 27.4.